The van der Waals surface area contributed by atoms with Crippen LogP contribution in [0, 0.1) is 5.82 Å². The van der Waals surface area contributed by atoms with Crippen molar-refractivity contribution in [2.45, 2.75) is 0 Å². The van der Waals surface area contributed by atoms with Gasteiger partial charge in [-0.25, -0.2) is 14.2 Å². The van der Waals surface area contributed by atoms with Crippen LogP contribution in [0.3, 0.4) is 0 Å². The second-order valence-corrected chi connectivity index (χ2v) is 6.63. The molecule has 1 aliphatic rings. The van der Waals surface area contributed by atoms with Gasteiger partial charge >= 0.3 is 5.97 Å². The van der Waals surface area contributed by atoms with E-state index in [4.69, 9.17) is 9.47 Å². The van der Waals surface area contributed by atoms with E-state index in [0.29, 0.717) is 16.9 Å². The second-order valence-electron chi connectivity index (χ2n) is 4.86. The number of halogens is 3. The van der Waals surface area contributed by atoms with E-state index in [1.54, 1.807) is 18.2 Å². The van der Waals surface area contributed by atoms with Crippen LogP contribution < -0.4 is 4.74 Å². The fraction of sp³-hybridized carbons (Fsp3) is 0.0588. The lowest BCUT2D eigenvalue weighted by Gasteiger charge is -2.08. The molecular weight excluding hydrogens is 445 g/mol. The maximum absolute atomic E-state index is 13.3. The quantitative estimate of drug-likeness (QED) is 0.498. The lowest BCUT2D eigenvalue weighted by atomic mass is 10.1. The number of methoxy groups -OCH3 is 1. The summed E-state index contributed by atoms with van der Waals surface area (Å²) in [4.78, 5) is 16.2. The highest BCUT2D eigenvalue weighted by Gasteiger charge is 2.25. The largest absolute Gasteiger partial charge is 0.495 e. The van der Waals surface area contributed by atoms with Crippen molar-refractivity contribution < 1.29 is 18.7 Å². The first-order chi connectivity index (χ1) is 11.5. The Hall–Kier alpha value is -1.99. The first kappa shape index (κ1) is 16.9. The highest BCUT2D eigenvalue weighted by Crippen LogP contribution is 2.34. The molecule has 3 rings (SSSR count). The minimum atomic E-state index is -0.604. The van der Waals surface area contributed by atoms with Gasteiger partial charge in [-0.1, -0.05) is 22.0 Å². The van der Waals surface area contributed by atoms with Crippen molar-refractivity contribution in [2.24, 2.45) is 4.99 Å². The first-order valence-corrected chi connectivity index (χ1v) is 8.38. The Morgan fingerprint density at radius 2 is 2.04 bits per heavy atom. The molecular formula is C17H10Br2FNO3. The Morgan fingerprint density at radius 3 is 2.75 bits per heavy atom. The molecule has 1 aliphatic heterocycles. The lowest BCUT2D eigenvalue weighted by Crippen LogP contribution is -2.05. The summed E-state index contributed by atoms with van der Waals surface area (Å²) in [5.74, 6) is -0.402. The van der Waals surface area contributed by atoms with Crippen molar-refractivity contribution in [3.05, 3.63) is 68.0 Å². The summed E-state index contributed by atoms with van der Waals surface area (Å²) in [5.41, 5.74) is 1.15. The monoisotopic (exact) mass is 453 g/mol. The van der Waals surface area contributed by atoms with Gasteiger partial charge in [0.1, 0.15) is 11.6 Å². The number of rotatable bonds is 3. The molecule has 122 valence electrons. The van der Waals surface area contributed by atoms with Gasteiger partial charge in [0, 0.05) is 15.6 Å². The van der Waals surface area contributed by atoms with Crippen LogP contribution in [0.4, 0.5) is 4.39 Å². The topological polar surface area (TPSA) is 47.9 Å². The molecule has 7 heteroatoms. The number of hydrogen-bond donors (Lipinski definition) is 0. The van der Waals surface area contributed by atoms with E-state index in [2.05, 4.69) is 36.9 Å². The SMILES string of the molecule is COc1c(Br)cc(Br)cc1/C=C1\N=C(c2cccc(F)c2)OC1=O. The minimum absolute atomic E-state index is 0.0683. The molecule has 24 heavy (non-hydrogen) atoms. The summed E-state index contributed by atoms with van der Waals surface area (Å²) in [6.07, 6.45) is 1.56. The third kappa shape index (κ3) is 3.42. The van der Waals surface area contributed by atoms with E-state index >= 15 is 0 Å². The predicted octanol–water partition coefficient (Wildman–Crippen LogP) is 4.70. The zero-order valence-electron chi connectivity index (χ0n) is 12.3. The van der Waals surface area contributed by atoms with Crippen molar-refractivity contribution in [3.63, 3.8) is 0 Å². The Kier molecular flexibility index (Phi) is 4.82. The normalized spacial score (nSPS) is 15.4. The van der Waals surface area contributed by atoms with Gasteiger partial charge < -0.3 is 9.47 Å². The summed E-state index contributed by atoms with van der Waals surface area (Å²) >= 11 is 6.79. The van der Waals surface area contributed by atoms with Crippen molar-refractivity contribution in [1.82, 2.24) is 0 Å². The number of esters is 1. The van der Waals surface area contributed by atoms with Gasteiger partial charge in [-0.15, -0.1) is 0 Å². The van der Waals surface area contributed by atoms with Gasteiger partial charge in [0.2, 0.25) is 5.90 Å². The van der Waals surface area contributed by atoms with E-state index < -0.39 is 11.8 Å². The minimum Gasteiger partial charge on any atom is -0.495 e. The van der Waals surface area contributed by atoms with Crippen LogP contribution in [0.15, 0.2) is 56.0 Å². The summed E-state index contributed by atoms with van der Waals surface area (Å²) in [5, 5.41) is 0. The zero-order valence-corrected chi connectivity index (χ0v) is 15.5. The second kappa shape index (κ2) is 6.86. The highest BCUT2D eigenvalue weighted by atomic mass is 79.9. The van der Waals surface area contributed by atoms with Gasteiger partial charge in [0.05, 0.1) is 11.6 Å². The van der Waals surface area contributed by atoms with Crippen molar-refractivity contribution >= 4 is 49.8 Å². The summed E-state index contributed by atoms with van der Waals surface area (Å²) in [6.45, 7) is 0. The molecule has 0 atom stereocenters. The Bertz CT molecular complexity index is 893. The van der Waals surface area contributed by atoms with E-state index in [1.807, 2.05) is 6.07 Å². The Morgan fingerprint density at radius 1 is 1.25 bits per heavy atom. The average molecular weight is 455 g/mol. The molecule has 0 fully saturated rings. The van der Waals surface area contributed by atoms with E-state index in [-0.39, 0.29) is 11.6 Å². The highest BCUT2D eigenvalue weighted by molar-refractivity contribution is 9.11. The predicted molar refractivity (Wildman–Crippen MR) is 95.4 cm³/mol. The van der Waals surface area contributed by atoms with Crippen molar-refractivity contribution in [2.75, 3.05) is 7.11 Å². The third-order valence-corrected chi connectivity index (χ3v) is 4.27. The molecule has 2 aromatic carbocycles. The van der Waals surface area contributed by atoms with Gasteiger partial charge in [-0.2, -0.15) is 0 Å². The molecule has 0 bridgehead atoms. The number of carbonyl (C=O) groups excluding carboxylic acids is 1. The number of aliphatic imine (C=N–C) groups is 1. The molecule has 0 spiro atoms. The van der Waals surface area contributed by atoms with Crippen LogP contribution in [0.1, 0.15) is 11.1 Å². The van der Waals surface area contributed by atoms with Crippen LogP contribution >= 0.6 is 31.9 Å². The maximum Gasteiger partial charge on any atom is 0.363 e. The molecule has 0 aliphatic carbocycles. The molecule has 0 aromatic heterocycles. The average Bonchev–Trinajstić information content (AvgIpc) is 2.88. The molecule has 2 aromatic rings. The molecule has 0 unspecified atom stereocenters. The Balaban J connectivity index is 2.04. The molecule has 0 saturated carbocycles. The van der Waals surface area contributed by atoms with Gasteiger partial charge in [-0.05, 0) is 52.3 Å². The van der Waals surface area contributed by atoms with Gasteiger partial charge in [0.15, 0.2) is 5.70 Å². The molecule has 0 saturated heterocycles. The number of carbonyl (C=O) groups is 1. The molecule has 0 N–H and O–H groups in total. The number of cyclic esters (lactones) is 1. The van der Waals surface area contributed by atoms with E-state index in [1.165, 1.54) is 25.3 Å². The standard InChI is InChI=1S/C17H10Br2FNO3/c1-23-15-10(5-11(18)8-13(15)19)7-14-17(22)24-16(21-14)9-3-2-4-12(20)6-9/h2-8H,1H3/b14-7-. The fourth-order valence-electron chi connectivity index (χ4n) is 2.20. The number of hydrogen-bond acceptors (Lipinski definition) is 4. The van der Waals surface area contributed by atoms with E-state index in [0.717, 1.165) is 8.95 Å². The number of ether oxygens (including phenoxy) is 2. The summed E-state index contributed by atoms with van der Waals surface area (Å²) < 4.78 is 25.3. The van der Waals surface area contributed by atoms with Crippen LogP contribution in [0.25, 0.3) is 6.08 Å². The van der Waals surface area contributed by atoms with Gasteiger partial charge in [0.25, 0.3) is 0 Å². The summed E-state index contributed by atoms with van der Waals surface area (Å²) in [6, 6.07) is 9.33. The molecule has 0 radical (unpaired) electrons. The van der Waals surface area contributed by atoms with Crippen LogP contribution in [0.5, 0.6) is 5.75 Å². The fourth-order valence-corrected chi connectivity index (χ4v) is 3.62. The lowest BCUT2D eigenvalue weighted by molar-refractivity contribution is -0.129. The maximum atomic E-state index is 13.3. The molecule has 0 amide bonds. The zero-order chi connectivity index (χ0) is 17.3. The first-order valence-electron chi connectivity index (χ1n) is 6.79. The Labute approximate surface area is 154 Å². The number of nitrogens with zero attached hydrogens (tertiary/aromatic N) is 1. The molecule has 1 heterocycles. The van der Waals surface area contributed by atoms with Gasteiger partial charge in [-0.3, -0.25) is 0 Å². The third-order valence-electron chi connectivity index (χ3n) is 3.23. The van der Waals surface area contributed by atoms with Crippen LogP contribution in [-0.4, -0.2) is 19.0 Å². The van der Waals surface area contributed by atoms with Crippen molar-refractivity contribution in [1.29, 1.82) is 0 Å². The smallest absolute Gasteiger partial charge is 0.363 e. The molecule has 4 nitrogen and oxygen atoms in total. The van der Waals surface area contributed by atoms with Crippen molar-refractivity contribution in [3.8, 4) is 5.75 Å². The van der Waals surface area contributed by atoms with Crippen LogP contribution in [-0.2, 0) is 9.53 Å². The number of benzene rings is 2. The van der Waals surface area contributed by atoms with E-state index in [9.17, 15) is 9.18 Å². The van der Waals surface area contributed by atoms with Crippen LogP contribution in [0.2, 0.25) is 0 Å². The summed E-state index contributed by atoms with van der Waals surface area (Å²) in [7, 11) is 1.53.